The summed E-state index contributed by atoms with van der Waals surface area (Å²) in [5, 5.41) is 0.634. The number of allylic oxidation sites excluding steroid dienone is 1. The zero-order chi connectivity index (χ0) is 18.7. The molecule has 4 heteroatoms. The van der Waals surface area contributed by atoms with E-state index in [0.29, 0.717) is 11.1 Å². The monoisotopic (exact) mass is 374 g/mol. The fourth-order valence-electron chi connectivity index (χ4n) is 3.05. The Bertz CT molecular complexity index is 1050. The van der Waals surface area contributed by atoms with Crippen molar-refractivity contribution in [3.8, 4) is 5.75 Å². The van der Waals surface area contributed by atoms with E-state index in [1.165, 1.54) is 7.11 Å². The minimum absolute atomic E-state index is 0.536. The highest BCUT2D eigenvalue weighted by Crippen LogP contribution is 2.50. The summed E-state index contributed by atoms with van der Waals surface area (Å²) >= 11 is 0. The molecule has 1 heterocycles. The molecule has 3 aromatic carbocycles. The van der Waals surface area contributed by atoms with E-state index < -0.39 is 7.37 Å². The van der Waals surface area contributed by atoms with E-state index in [-0.39, 0.29) is 0 Å². The Kier molecular flexibility index (Phi) is 4.81. The first-order valence-corrected chi connectivity index (χ1v) is 10.4. The number of benzene rings is 3. The Morgan fingerprint density at radius 3 is 2.19 bits per heavy atom. The summed E-state index contributed by atoms with van der Waals surface area (Å²) in [6.07, 6.45) is 2.06. The van der Waals surface area contributed by atoms with Crippen LogP contribution in [0.25, 0.3) is 11.6 Å². The summed E-state index contributed by atoms with van der Waals surface area (Å²) < 4.78 is 25.2. The standard InChI is InChI=1S/C23H19O3P/c1-25-27(24,20-13-6-3-7-14-20)17-23-21(18-10-4-2-5-11-18)16-19-12-8-9-15-22(19)26-23/h2-17H,1H3/b23-17+. The van der Waals surface area contributed by atoms with Crippen LogP contribution in [0, 0.1) is 0 Å². The second kappa shape index (κ2) is 7.40. The SMILES string of the molecule is COP(=O)(/C=C1/Oc2ccccc2C=C1c1ccccc1)c1ccccc1. The second-order valence-electron chi connectivity index (χ2n) is 6.17. The average molecular weight is 374 g/mol. The lowest BCUT2D eigenvalue weighted by atomic mass is 9.99. The molecular formula is C23H19O3P. The molecular weight excluding hydrogens is 355 g/mol. The molecule has 1 unspecified atom stereocenters. The third-order valence-corrected chi connectivity index (χ3v) is 6.60. The molecule has 134 valence electrons. The fraction of sp³-hybridized carbons (Fsp3) is 0.0435. The number of ether oxygens (including phenoxy) is 1. The molecule has 4 rings (SSSR count). The molecule has 0 amide bonds. The van der Waals surface area contributed by atoms with Gasteiger partial charge in [0, 0.05) is 29.4 Å². The molecule has 0 spiro atoms. The van der Waals surface area contributed by atoms with Crippen molar-refractivity contribution in [2.24, 2.45) is 0 Å². The second-order valence-corrected chi connectivity index (χ2v) is 8.51. The van der Waals surface area contributed by atoms with E-state index in [1.807, 2.05) is 84.9 Å². The van der Waals surface area contributed by atoms with Gasteiger partial charge in [-0.2, -0.15) is 0 Å². The van der Waals surface area contributed by atoms with E-state index in [1.54, 1.807) is 5.82 Å². The fourth-order valence-corrected chi connectivity index (χ4v) is 4.61. The highest BCUT2D eigenvalue weighted by molar-refractivity contribution is 7.70. The van der Waals surface area contributed by atoms with Gasteiger partial charge < -0.3 is 9.26 Å². The number of rotatable bonds is 4. The molecule has 0 saturated carbocycles. The minimum Gasteiger partial charge on any atom is -0.456 e. The molecule has 0 saturated heterocycles. The molecule has 0 bridgehead atoms. The Morgan fingerprint density at radius 1 is 0.852 bits per heavy atom. The zero-order valence-corrected chi connectivity index (χ0v) is 15.8. The Labute approximate surface area is 159 Å². The number of hydrogen-bond donors (Lipinski definition) is 0. The third-order valence-electron chi connectivity index (χ3n) is 4.46. The van der Waals surface area contributed by atoms with Gasteiger partial charge in [-0.15, -0.1) is 0 Å². The molecule has 1 aliphatic heterocycles. The van der Waals surface area contributed by atoms with Gasteiger partial charge in [0.25, 0.3) is 7.37 Å². The smallest absolute Gasteiger partial charge is 0.257 e. The molecule has 1 atom stereocenters. The molecule has 0 fully saturated rings. The summed E-state index contributed by atoms with van der Waals surface area (Å²) in [6.45, 7) is 0. The van der Waals surface area contributed by atoms with E-state index in [9.17, 15) is 4.57 Å². The minimum atomic E-state index is -3.22. The van der Waals surface area contributed by atoms with Crippen molar-refractivity contribution in [3.63, 3.8) is 0 Å². The summed E-state index contributed by atoms with van der Waals surface area (Å²) in [5.41, 5.74) is 2.86. The zero-order valence-electron chi connectivity index (χ0n) is 14.9. The number of para-hydroxylation sites is 1. The first kappa shape index (κ1) is 17.5. The Morgan fingerprint density at radius 2 is 1.48 bits per heavy atom. The lowest BCUT2D eigenvalue weighted by Gasteiger charge is -2.23. The van der Waals surface area contributed by atoms with Gasteiger partial charge in [-0.05, 0) is 29.8 Å². The van der Waals surface area contributed by atoms with E-state index >= 15 is 0 Å². The summed E-state index contributed by atoms with van der Waals surface area (Å²) in [7, 11) is -1.75. The van der Waals surface area contributed by atoms with Crippen LogP contribution in [0.3, 0.4) is 0 Å². The van der Waals surface area contributed by atoms with Crippen molar-refractivity contribution in [2.45, 2.75) is 0 Å². The molecule has 27 heavy (non-hydrogen) atoms. The van der Waals surface area contributed by atoms with Crippen LogP contribution in [0.2, 0.25) is 0 Å². The maximum Gasteiger partial charge on any atom is 0.257 e. The first-order chi connectivity index (χ1) is 13.2. The van der Waals surface area contributed by atoms with Crippen LogP contribution < -0.4 is 10.0 Å². The maximum atomic E-state index is 13.5. The van der Waals surface area contributed by atoms with Crippen LogP contribution in [-0.2, 0) is 9.09 Å². The van der Waals surface area contributed by atoms with Crippen molar-refractivity contribution in [2.75, 3.05) is 7.11 Å². The highest BCUT2D eigenvalue weighted by Gasteiger charge is 2.27. The van der Waals surface area contributed by atoms with Gasteiger partial charge in [0.15, 0.2) is 0 Å². The van der Waals surface area contributed by atoms with Crippen molar-refractivity contribution in [1.29, 1.82) is 0 Å². The lowest BCUT2D eigenvalue weighted by Crippen LogP contribution is -2.09. The van der Waals surface area contributed by atoms with Gasteiger partial charge in [-0.25, -0.2) is 0 Å². The molecule has 3 aromatic rings. The van der Waals surface area contributed by atoms with Gasteiger partial charge >= 0.3 is 0 Å². The predicted molar refractivity (Wildman–Crippen MR) is 110 cm³/mol. The van der Waals surface area contributed by atoms with Crippen LogP contribution in [0.1, 0.15) is 11.1 Å². The van der Waals surface area contributed by atoms with E-state index in [4.69, 9.17) is 9.26 Å². The van der Waals surface area contributed by atoms with Crippen LogP contribution in [-0.4, -0.2) is 7.11 Å². The Balaban J connectivity index is 1.87. The number of hydrogen-bond acceptors (Lipinski definition) is 3. The van der Waals surface area contributed by atoms with Crippen molar-refractivity contribution >= 4 is 24.3 Å². The maximum absolute atomic E-state index is 13.5. The van der Waals surface area contributed by atoms with Gasteiger partial charge in [0.2, 0.25) is 0 Å². The summed E-state index contributed by atoms with van der Waals surface area (Å²) in [5.74, 6) is 2.89. The highest BCUT2D eigenvalue weighted by atomic mass is 31.2. The first-order valence-electron chi connectivity index (χ1n) is 8.68. The lowest BCUT2D eigenvalue weighted by molar-refractivity contribution is 0.406. The summed E-state index contributed by atoms with van der Waals surface area (Å²) in [6, 6.07) is 26.9. The van der Waals surface area contributed by atoms with Crippen LogP contribution in [0.5, 0.6) is 5.75 Å². The summed E-state index contributed by atoms with van der Waals surface area (Å²) in [4.78, 5) is 0. The molecule has 0 aromatic heterocycles. The van der Waals surface area contributed by atoms with Crippen LogP contribution >= 0.6 is 7.37 Å². The van der Waals surface area contributed by atoms with Crippen molar-refractivity contribution in [3.05, 3.63) is 108 Å². The van der Waals surface area contributed by atoms with Crippen molar-refractivity contribution < 1.29 is 13.8 Å². The third kappa shape index (κ3) is 3.52. The van der Waals surface area contributed by atoms with E-state index in [2.05, 4.69) is 6.08 Å². The normalized spacial score (nSPS) is 16.8. The van der Waals surface area contributed by atoms with Gasteiger partial charge in [-0.3, -0.25) is 4.57 Å². The number of fused-ring (bicyclic) bond motifs is 1. The molecule has 1 aliphatic rings. The average Bonchev–Trinajstić information content (AvgIpc) is 2.74. The largest absolute Gasteiger partial charge is 0.456 e. The van der Waals surface area contributed by atoms with Crippen LogP contribution in [0.4, 0.5) is 0 Å². The van der Waals surface area contributed by atoms with Gasteiger partial charge in [0.1, 0.15) is 11.5 Å². The molecule has 0 radical (unpaired) electrons. The van der Waals surface area contributed by atoms with Gasteiger partial charge in [0.05, 0.1) is 0 Å². The molecule has 0 N–H and O–H groups in total. The van der Waals surface area contributed by atoms with Gasteiger partial charge in [-0.1, -0.05) is 66.7 Å². The molecule has 3 nitrogen and oxygen atoms in total. The predicted octanol–water partition coefficient (Wildman–Crippen LogP) is 5.71. The van der Waals surface area contributed by atoms with E-state index in [0.717, 1.165) is 22.4 Å². The topological polar surface area (TPSA) is 35.5 Å². The molecule has 0 aliphatic carbocycles. The van der Waals surface area contributed by atoms with Crippen LogP contribution in [0.15, 0.2) is 96.5 Å². The quantitative estimate of drug-likeness (QED) is 0.549. The van der Waals surface area contributed by atoms with Crippen molar-refractivity contribution in [1.82, 2.24) is 0 Å². The Hall–Kier alpha value is -2.87.